The average Bonchev–Trinajstić information content (AvgIpc) is 2.00. The van der Waals surface area contributed by atoms with Gasteiger partial charge in [-0.05, 0) is 33.6 Å². The van der Waals surface area contributed by atoms with Crippen LogP contribution >= 0.6 is 0 Å². The Kier molecular flexibility index (Phi) is 11.0. The van der Waals surface area contributed by atoms with Crippen LogP contribution in [0.5, 0.6) is 0 Å². The van der Waals surface area contributed by atoms with E-state index in [1.807, 2.05) is 20.8 Å². The summed E-state index contributed by atoms with van der Waals surface area (Å²) in [5, 5.41) is 0. The quantitative estimate of drug-likeness (QED) is 0.269. The van der Waals surface area contributed by atoms with Crippen molar-refractivity contribution in [1.29, 1.82) is 0 Å². The molecular formula is C10H17NaO4S. The Balaban J connectivity index is 0. The van der Waals surface area contributed by atoms with Crippen LogP contribution in [-0.4, -0.2) is 19.6 Å². The van der Waals surface area contributed by atoms with Gasteiger partial charge < -0.3 is 4.55 Å². The Morgan fingerprint density at radius 2 is 1.81 bits per heavy atom. The molecule has 0 unspecified atom stereocenters. The number of rotatable bonds is 6. The van der Waals surface area contributed by atoms with Crippen molar-refractivity contribution in [1.82, 2.24) is 0 Å². The van der Waals surface area contributed by atoms with Crippen LogP contribution in [0.1, 0.15) is 33.6 Å². The van der Waals surface area contributed by atoms with Gasteiger partial charge in [0.1, 0.15) is 0 Å². The normalized spacial score (nSPS) is 11.9. The number of allylic oxidation sites excluding steroid dienone is 3. The molecule has 0 aliphatic heterocycles. The van der Waals surface area contributed by atoms with Crippen LogP contribution in [0.3, 0.4) is 0 Å². The first-order valence-electron chi connectivity index (χ1n) is 4.70. The Morgan fingerprint density at radius 3 is 2.25 bits per heavy atom. The topological polar surface area (TPSA) is 66.4 Å². The fourth-order valence-electron chi connectivity index (χ4n) is 0.950. The molecule has 0 heterocycles. The number of hydrogen-bond donors (Lipinski definition) is 0. The van der Waals surface area contributed by atoms with E-state index >= 15 is 0 Å². The van der Waals surface area contributed by atoms with E-state index in [0.717, 1.165) is 18.4 Å². The number of hydrogen-bond acceptors (Lipinski definition) is 4. The van der Waals surface area contributed by atoms with Gasteiger partial charge in [0, 0.05) is 0 Å². The molecular weight excluding hydrogens is 239 g/mol. The van der Waals surface area contributed by atoms with Crippen LogP contribution in [0, 0.1) is 0 Å². The summed E-state index contributed by atoms with van der Waals surface area (Å²) < 4.78 is 34.4. The Hall–Kier alpha value is 0.350. The predicted molar refractivity (Wildman–Crippen MR) is 58.1 cm³/mol. The van der Waals surface area contributed by atoms with Gasteiger partial charge in [0.25, 0.3) is 0 Å². The molecule has 0 aromatic carbocycles. The molecule has 0 fully saturated rings. The summed E-state index contributed by atoms with van der Waals surface area (Å²) in [6.07, 6.45) is 5.46. The van der Waals surface area contributed by atoms with Crippen molar-refractivity contribution in [2.45, 2.75) is 33.6 Å². The fourth-order valence-corrected chi connectivity index (χ4v) is 1.18. The van der Waals surface area contributed by atoms with Gasteiger partial charge in [-0.25, -0.2) is 8.42 Å². The van der Waals surface area contributed by atoms with Gasteiger partial charge in [-0.2, -0.15) is 0 Å². The first-order valence-corrected chi connectivity index (χ1v) is 6.04. The van der Waals surface area contributed by atoms with Crippen LogP contribution in [0.2, 0.25) is 0 Å². The van der Waals surface area contributed by atoms with E-state index in [0.29, 0.717) is 0 Å². The third-order valence-corrected chi connectivity index (χ3v) is 2.16. The molecule has 0 N–H and O–H groups in total. The summed E-state index contributed by atoms with van der Waals surface area (Å²) in [5.41, 5.74) is 2.26. The second-order valence-electron chi connectivity index (χ2n) is 3.56. The first-order chi connectivity index (χ1) is 6.81. The van der Waals surface area contributed by atoms with Gasteiger partial charge in [-0.1, -0.05) is 23.3 Å². The van der Waals surface area contributed by atoms with Crippen molar-refractivity contribution in [2.24, 2.45) is 0 Å². The standard InChI is InChI=1S/C10H18O4S.Na/c1-9(2)5-4-6-10(3)7-8-14-15(11,12)13;/h5,7H,4,6,8H2,1-3H3,(H,11,12,13);/q;+1/p-1/b10-7-;. The van der Waals surface area contributed by atoms with E-state index in [4.69, 9.17) is 0 Å². The molecule has 0 bridgehead atoms. The summed E-state index contributed by atoms with van der Waals surface area (Å²) in [6.45, 7) is 5.74. The molecule has 4 nitrogen and oxygen atoms in total. The maximum Gasteiger partial charge on any atom is 1.00 e. The zero-order valence-electron chi connectivity index (χ0n) is 10.3. The van der Waals surface area contributed by atoms with Gasteiger partial charge in [0.2, 0.25) is 10.4 Å². The minimum Gasteiger partial charge on any atom is -0.726 e. The molecule has 0 aliphatic carbocycles. The molecule has 88 valence electrons. The first kappa shape index (κ1) is 18.7. The van der Waals surface area contributed by atoms with Crippen molar-refractivity contribution in [3.63, 3.8) is 0 Å². The average molecular weight is 256 g/mol. The van der Waals surface area contributed by atoms with Gasteiger partial charge in [0.15, 0.2) is 0 Å². The Bertz CT molecular complexity index is 340. The third kappa shape index (κ3) is 14.4. The van der Waals surface area contributed by atoms with E-state index in [-0.39, 0.29) is 36.2 Å². The summed E-state index contributed by atoms with van der Waals surface area (Å²) in [7, 11) is -4.56. The second kappa shape index (κ2) is 9.39. The Labute approximate surface area is 120 Å². The van der Waals surface area contributed by atoms with Crippen molar-refractivity contribution < 1.29 is 46.7 Å². The molecule has 16 heavy (non-hydrogen) atoms. The van der Waals surface area contributed by atoms with Crippen LogP contribution < -0.4 is 29.6 Å². The molecule has 0 aromatic heterocycles. The van der Waals surface area contributed by atoms with E-state index in [1.165, 1.54) is 5.57 Å². The molecule has 0 saturated carbocycles. The van der Waals surface area contributed by atoms with Gasteiger partial charge in [-0.3, -0.25) is 4.18 Å². The largest absolute Gasteiger partial charge is 1.00 e. The molecule has 0 atom stereocenters. The maximum atomic E-state index is 10.1. The maximum absolute atomic E-state index is 10.1. The van der Waals surface area contributed by atoms with E-state index in [2.05, 4.69) is 10.3 Å². The molecule has 6 heteroatoms. The predicted octanol–water partition coefficient (Wildman–Crippen LogP) is -0.840. The second-order valence-corrected chi connectivity index (χ2v) is 4.62. The van der Waals surface area contributed by atoms with Crippen LogP contribution in [0.15, 0.2) is 23.3 Å². The van der Waals surface area contributed by atoms with E-state index < -0.39 is 10.4 Å². The van der Waals surface area contributed by atoms with Gasteiger partial charge in [0.05, 0.1) is 6.61 Å². The molecule has 0 aromatic rings. The Morgan fingerprint density at radius 1 is 1.25 bits per heavy atom. The minimum absolute atomic E-state index is 0. The summed E-state index contributed by atoms with van der Waals surface area (Å²) in [4.78, 5) is 0. The molecule has 0 saturated heterocycles. The van der Waals surface area contributed by atoms with Crippen molar-refractivity contribution in [2.75, 3.05) is 6.61 Å². The SMILES string of the molecule is CC(C)=CCC/C(C)=C\COS(=O)(=O)[O-].[Na+]. The zero-order chi connectivity index (χ0) is 11.9. The molecule has 0 radical (unpaired) electrons. The summed E-state index contributed by atoms with van der Waals surface area (Å²) in [6, 6.07) is 0. The summed E-state index contributed by atoms with van der Waals surface area (Å²) in [5.74, 6) is 0. The monoisotopic (exact) mass is 256 g/mol. The van der Waals surface area contributed by atoms with E-state index in [1.54, 1.807) is 6.08 Å². The van der Waals surface area contributed by atoms with E-state index in [9.17, 15) is 13.0 Å². The molecule has 0 amide bonds. The van der Waals surface area contributed by atoms with Crippen molar-refractivity contribution in [3.05, 3.63) is 23.3 Å². The van der Waals surface area contributed by atoms with Crippen LogP contribution in [0.25, 0.3) is 0 Å². The zero-order valence-corrected chi connectivity index (χ0v) is 13.1. The molecule has 0 rings (SSSR count). The van der Waals surface area contributed by atoms with Crippen molar-refractivity contribution in [3.8, 4) is 0 Å². The minimum atomic E-state index is -4.56. The fraction of sp³-hybridized carbons (Fsp3) is 0.600. The molecule has 0 spiro atoms. The van der Waals surface area contributed by atoms with Crippen LogP contribution in [-0.2, 0) is 14.6 Å². The smallest absolute Gasteiger partial charge is 0.726 e. The molecule has 0 aliphatic rings. The van der Waals surface area contributed by atoms with Crippen molar-refractivity contribution >= 4 is 10.4 Å². The third-order valence-electron chi connectivity index (χ3n) is 1.74. The van der Waals surface area contributed by atoms with Gasteiger partial charge >= 0.3 is 29.6 Å². The van der Waals surface area contributed by atoms with Gasteiger partial charge in [-0.15, -0.1) is 0 Å². The van der Waals surface area contributed by atoms with Crippen LogP contribution in [0.4, 0.5) is 0 Å². The summed E-state index contributed by atoms with van der Waals surface area (Å²) >= 11 is 0.